The third-order valence-electron chi connectivity index (χ3n) is 6.65. The average molecular weight is 532 g/mol. The van der Waals surface area contributed by atoms with E-state index >= 15 is 0 Å². The van der Waals surface area contributed by atoms with Gasteiger partial charge in [-0.1, -0.05) is 0 Å². The van der Waals surface area contributed by atoms with Gasteiger partial charge in [0.15, 0.2) is 0 Å². The number of carbonyl (C=O) groups is 3. The number of urea groups is 2. The zero-order valence-corrected chi connectivity index (χ0v) is 23.7. The number of nitrogens with zero attached hydrogens (tertiary/aromatic N) is 3. The van der Waals surface area contributed by atoms with Crippen molar-refractivity contribution in [2.45, 2.75) is 52.2 Å². The molecular weight excluding hydrogens is 490 g/mol. The number of methoxy groups -OCH3 is 2. The van der Waals surface area contributed by atoms with Crippen LogP contribution in [0.4, 0.5) is 9.59 Å². The number of rotatable bonds is 7. The Hall–Kier alpha value is -3.47. The maximum Gasteiger partial charge on any atom is 0.338 e. The Labute approximate surface area is 225 Å². The molecule has 4 amide bonds. The number of hydrogen-bond donors (Lipinski definition) is 2. The minimum Gasteiger partial charge on any atom is -0.497 e. The van der Waals surface area contributed by atoms with E-state index in [0.717, 1.165) is 0 Å². The largest absolute Gasteiger partial charge is 0.497 e. The second kappa shape index (κ2) is 11.9. The summed E-state index contributed by atoms with van der Waals surface area (Å²) in [6, 6.07) is 3.94. The molecule has 3 rings (SSSR count). The van der Waals surface area contributed by atoms with Crippen molar-refractivity contribution in [3.05, 3.63) is 35.0 Å². The number of benzene rings is 1. The first kappa shape index (κ1) is 29.1. The third-order valence-corrected chi connectivity index (χ3v) is 6.65. The Morgan fingerprint density at radius 2 is 1.87 bits per heavy atom. The lowest BCUT2D eigenvalue weighted by Crippen LogP contribution is -2.59. The summed E-state index contributed by atoms with van der Waals surface area (Å²) in [5.74, 6) is 0.562. The molecule has 2 heterocycles. The zero-order chi connectivity index (χ0) is 28.2. The highest BCUT2D eigenvalue weighted by molar-refractivity contribution is 5.95. The smallest absolute Gasteiger partial charge is 0.338 e. The third kappa shape index (κ3) is 6.50. The Kier molecular flexibility index (Phi) is 9.14. The quantitative estimate of drug-likeness (QED) is 0.520. The second-order valence-electron chi connectivity index (χ2n) is 10.6. The van der Waals surface area contributed by atoms with Crippen LogP contribution in [0.3, 0.4) is 0 Å². The van der Waals surface area contributed by atoms with Gasteiger partial charge in [-0.25, -0.2) is 14.4 Å². The lowest BCUT2D eigenvalue weighted by molar-refractivity contribution is -0.139. The van der Waals surface area contributed by atoms with Crippen LogP contribution in [0, 0.1) is 0 Å². The minimum atomic E-state index is -0.797. The number of hydrogen-bond acceptors (Lipinski definition) is 7. The van der Waals surface area contributed by atoms with Gasteiger partial charge < -0.3 is 29.7 Å². The topological polar surface area (TPSA) is 113 Å². The number of nitrogens with one attached hydrogen (secondary N) is 2. The van der Waals surface area contributed by atoms with E-state index in [0.29, 0.717) is 54.5 Å². The molecule has 38 heavy (non-hydrogen) atoms. The van der Waals surface area contributed by atoms with E-state index in [2.05, 4.69) is 15.5 Å². The highest BCUT2D eigenvalue weighted by Gasteiger charge is 2.39. The summed E-state index contributed by atoms with van der Waals surface area (Å²) < 4.78 is 16.4. The number of esters is 1. The van der Waals surface area contributed by atoms with Crippen molar-refractivity contribution in [1.29, 1.82) is 0 Å². The second-order valence-corrected chi connectivity index (χ2v) is 10.6. The van der Waals surface area contributed by atoms with Crippen molar-refractivity contribution in [3.63, 3.8) is 0 Å². The molecule has 2 atom stereocenters. The first-order valence-corrected chi connectivity index (χ1v) is 12.9. The Bertz CT molecular complexity index is 1080. The van der Waals surface area contributed by atoms with E-state index in [1.54, 1.807) is 39.3 Å². The summed E-state index contributed by atoms with van der Waals surface area (Å²) in [7, 11) is 4.72. The molecule has 1 aromatic carbocycles. The molecule has 1 saturated heterocycles. The average Bonchev–Trinajstić information content (AvgIpc) is 2.85. The van der Waals surface area contributed by atoms with Crippen molar-refractivity contribution >= 4 is 18.0 Å². The van der Waals surface area contributed by atoms with Crippen LogP contribution in [0.15, 0.2) is 29.5 Å². The Morgan fingerprint density at radius 1 is 1.16 bits per heavy atom. The lowest BCUT2D eigenvalue weighted by Gasteiger charge is -2.43. The van der Waals surface area contributed by atoms with E-state index in [9.17, 15) is 14.4 Å². The molecule has 2 N–H and O–H groups in total. The van der Waals surface area contributed by atoms with E-state index < -0.39 is 12.0 Å². The molecule has 1 fully saturated rings. The number of ether oxygens (including phenoxy) is 3. The molecular formula is C27H41N5O6. The standard InChI is InChI=1S/C27H41N5O6/c1-9-38-24(33)22-20(16-31-12-13-32(17(2)15-31)26(35)29-27(3,4)5)30(6)25(34)28-23(22)19-14-18(36-7)10-11-21(19)37-8/h10-11,14,17,23H,9,12-13,15-16H2,1-8H3,(H,28,34)(H,29,35)/t17-,23-/m0/s1. The monoisotopic (exact) mass is 531 g/mol. The predicted molar refractivity (Wildman–Crippen MR) is 143 cm³/mol. The molecule has 2 aliphatic rings. The molecule has 0 bridgehead atoms. The van der Waals surface area contributed by atoms with Crippen LogP contribution in [-0.2, 0) is 9.53 Å². The van der Waals surface area contributed by atoms with Crippen LogP contribution in [0.2, 0.25) is 0 Å². The van der Waals surface area contributed by atoms with Gasteiger partial charge in [-0.3, -0.25) is 9.80 Å². The molecule has 1 aromatic rings. The summed E-state index contributed by atoms with van der Waals surface area (Å²) in [6.07, 6.45) is 0. The minimum absolute atomic E-state index is 0.0604. The molecule has 11 heteroatoms. The van der Waals surface area contributed by atoms with Gasteiger partial charge in [-0.15, -0.1) is 0 Å². The van der Waals surface area contributed by atoms with E-state index in [1.165, 1.54) is 12.0 Å². The van der Waals surface area contributed by atoms with Crippen LogP contribution in [0.1, 0.15) is 46.2 Å². The van der Waals surface area contributed by atoms with Gasteiger partial charge in [0.2, 0.25) is 0 Å². The van der Waals surface area contributed by atoms with Gasteiger partial charge in [-0.05, 0) is 52.8 Å². The number of carbonyl (C=O) groups excluding carboxylic acids is 3. The van der Waals surface area contributed by atoms with Crippen molar-refractivity contribution in [2.24, 2.45) is 0 Å². The van der Waals surface area contributed by atoms with Crippen molar-refractivity contribution < 1.29 is 28.6 Å². The van der Waals surface area contributed by atoms with Crippen LogP contribution >= 0.6 is 0 Å². The van der Waals surface area contributed by atoms with Crippen LogP contribution in [0.25, 0.3) is 0 Å². The van der Waals surface area contributed by atoms with E-state index in [-0.39, 0.29) is 30.2 Å². The van der Waals surface area contributed by atoms with Crippen molar-refractivity contribution in [2.75, 3.05) is 54.1 Å². The van der Waals surface area contributed by atoms with Gasteiger partial charge in [0.05, 0.1) is 32.4 Å². The van der Waals surface area contributed by atoms with E-state index in [1.807, 2.05) is 32.6 Å². The van der Waals surface area contributed by atoms with Gasteiger partial charge in [0.1, 0.15) is 11.5 Å². The SMILES string of the molecule is CCOC(=O)C1=C(CN2CCN(C(=O)NC(C)(C)C)[C@@H](C)C2)N(C)C(=O)N[C@H]1c1cc(OC)ccc1OC. The maximum atomic E-state index is 13.4. The zero-order valence-electron chi connectivity index (χ0n) is 23.7. The van der Waals surface area contributed by atoms with Gasteiger partial charge >= 0.3 is 18.0 Å². The van der Waals surface area contributed by atoms with Gasteiger partial charge in [0.25, 0.3) is 0 Å². The molecule has 0 aromatic heterocycles. The summed E-state index contributed by atoms with van der Waals surface area (Å²) in [4.78, 5) is 44.7. The van der Waals surface area contributed by atoms with E-state index in [4.69, 9.17) is 14.2 Å². The summed E-state index contributed by atoms with van der Waals surface area (Å²) in [6.45, 7) is 11.8. The molecule has 0 aliphatic carbocycles. The van der Waals surface area contributed by atoms with Crippen LogP contribution in [0.5, 0.6) is 11.5 Å². The predicted octanol–water partition coefficient (Wildman–Crippen LogP) is 2.73. The van der Waals surface area contributed by atoms with Crippen molar-refractivity contribution in [3.8, 4) is 11.5 Å². The van der Waals surface area contributed by atoms with Crippen molar-refractivity contribution in [1.82, 2.24) is 25.3 Å². The maximum absolute atomic E-state index is 13.4. The molecule has 0 spiro atoms. The number of piperazine rings is 1. The highest BCUT2D eigenvalue weighted by Crippen LogP contribution is 2.38. The van der Waals surface area contributed by atoms with Crippen LogP contribution < -0.4 is 20.1 Å². The summed E-state index contributed by atoms with van der Waals surface area (Å²) in [5.41, 5.74) is 1.13. The highest BCUT2D eigenvalue weighted by atomic mass is 16.5. The van der Waals surface area contributed by atoms with Crippen LogP contribution in [-0.4, -0.2) is 98.4 Å². The molecule has 0 saturated carbocycles. The molecule has 2 aliphatic heterocycles. The normalized spacial score (nSPS) is 20.7. The number of amides is 4. The van der Waals surface area contributed by atoms with Gasteiger partial charge in [0, 0.05) is 56.1 Å². The fourth-order valence-corrected chi connectivity index (χ4v) is 4.78. The summed E-state index contributed by atoms with van der Waals surface area (Å²) >= 11 is 0. The van der Waals surface area contributed by atoms with Gasteiger partial charge in [-0.2, -0.15) is 0 Å². The fraction of sp³-hybridized carbons (Fsp3) is 0.593. The Balaban J connectivity index is 1.97. The molecule has 0 radical (unpaired) electrons. The molecule has 210 valence electrons. The Morgan fingerprint density at radius 3 is 2.45 bits per heavy atom. The first-order valence-electron chi connectivity index (χ1n) is 12.9. The first-order chi connectivity index (χ1) is 17.9. The summed E-state index contributed by atoms with van der Waals surface area (Å²) in [5, 5.41) is 5.95. The molecule has 11 nitrogen and oxygen atoms in total. The lowest BCUT2D eigenvalue weighted by atomic mass is 9.93. The fourth-order valence-electron chi connectivity index (χ4n) is 4.78. The molecule has 0 unspecified atom stereocenters. The number of likely N-dealkylation sites (N-methyl/N-ethyl adjacent to an activating group) is 1.